The Morgan fingerprint density at radius 1 is 1.11 bits per heavy atom. The third kappa shape index (κ3) is 7.31. The molecule has 0 aliphatic heterocycles. The molecule has 0 spiro atoms. The zero-order chi connectivity index (χ0) is 15.1. The maximum atomic E-state index is 3.66. The molecule has 2 nitrogen and oxygen atoms in total. The summed E-state index contributed by atoms with van der Waals surface area (Å²) in [5, 5.41) is 3.66. The van der Waals surface area contributed by atoms with E-state index < -0.39 is 0 Å². The van der Waals surface area contributed by atoms with Crippen molar-refractivity contribution in [2.45, 2.75) is 73.3 Å². The Morgan fingerprint density at radius 3 is 2.11 bits per heavy atom. The van der Waals surface area contributed by atoms with Gasteiger partial charge in [0.05, 0.1) is 0 Å². The van der Waals surface area contributed by atoms with Crippen LogP contribution in [-0.2, 0) is 0 Å². The second-order valence-electron chi connectivity index (χ2n) is 7.61. The molecule has 0 radical (unpaired) electrons. The van der Waals surface area contributed by atoms with Crippen molar-refractivity contribution in [2.75, 3.05) is 26.7 Å². The Morgan fingerprint density at radius 2 is 1.68 bits per heavy atom. The lowest BCUT2D eigenvalue weighted by molar-refractivity contribution is 0.0835. The van der Waals surface area contributed by atoms with Crippen molar-refractivity contribution in [1.29, 1.82) is 0 Å². The fourth-order valence-corrected chi connectivity index (χ4v) is 2.55. The van der Waals surface area contributed by atoms with E-state index in [1.165, 1.54) is 25.8 Å². The number of nitrogens with zero attached hydrogens (tertiary/aromatic N) is 1. The van der Waals surface area contributed by atoms with Gasteiger partial charge in [-0.25, -0.2) is 0 Å². The maximum Gasteiger partial charge on any atom is 0.0147 e. The lowest BCUT2D eigenvalue weighted by Crippen LogP contribution is -2.49. The molecule has 0 amide bonds. The lowest BCUT2D eigenvalue weighted by Gasteiger charge is -2.42. The maximum absolute atomic E-state index is 3.66. The molecule has 19 heavy (non-hydrogen) atoms. The summed E-state index contributed by atoms with van der Waals surface area (Å²) in [5.41, 5.74) is 0.678. The fraction of sp³-hybridized carbons (Fsp3) is 1.00. The van der Waals surface area contributed by atoms with Gasteiger partial charge in [-0.1, -0.05) is 41.0 Å². The van der Waals surface area contributed by atoms with E-state index in [0.29, 0.717) is 11.0 Å². The van der Waals surface area contributed by atoms with E-state index in [9.17, 15) is 0 Å². The zero-order valence-electron chi connectivity index (χ0n) is 14.8. The number of nitrogens with one attached hydrogen (secondary N) is 1. The first-order valence-corrected chi connectivity index (χ1v) is 8.09. The highest BCUT2D eigenvalue weighted by Crippen LogP contribution is 2.27. The van der Waals surface area contributed by atoms with Crippen LogP contribution in [0.25, 0.3) is 0 Å². The largest absolute Gasteiger partial charge is 0.316 e. The Kier molecular flexibility index (Phi) is 8.23. The van der Waals surface area contributed by atoms with Crippen LogP contribution in [0.3, 0.4) is 0 Å². The molecule has 0 aromatic carbocycles. The smallest absolute Gasteiger partial charge is 0.0147 e. The molecule has 116 valence electrons. The second kappa shape index (κ2) is 8.26. The molecule has 0 saturated heterocycles. The predicted molar refractivity (Wildman–Crippen MR) is 87.7 cm³/mol. The van der Waals surface area contributed by atoms with Crippen molar-refractivity contribution >= 4 is 0 Å². The van der Waals surface area contributed by atoms with Gasteiger partial charge in [0, 0.05) is 18.6 Å². The van der Waals surface area contributed by atoms with E-state index >= 15 is 0 Å². The molecule has 0 aliphatic carbocycles. The average molecular weight is 271 g/mol. The molecule has 1 N–H and O–H groups in total. The van der Waals surface area contributed by atoms with Gasteiger partial charge in [-0.2, -0.15) is 0 Å². The van der Waals surface area contributed by atoms with E-state index in [4.69, 9.17) is 0 Å². The van der Waals surface area contributed by atoms with Gasteiger partial charge in [-0.05, 0) is 51.6 Å². The number of rotatable bonds is 10. The van der Waals surface area contributed by atoms with Crippen LogP contribution in [0.1, 0.15) is 67.7 Å². The van der Waals surface area contributed by atoms with E-state index in [0.717, 1.165) is 19.0 Å². The van der Waals surface area contributed by atoms with Crippen LogP contribution >= 0.6 is 0 Å². The van der Waals surface area contributed by atoms with Crippen LogP contribution in [0.4, 0.5) is 0 Å². The molecule has 0 aliphatic rings. The van der Waals surface area contributed by atoms with Gasteiger partial charge in [0.1, 0.15) is 0 Å². The highest BCUT2D eigenvalue weighted by atomic mass is 15.2. The molecular formula is C17H38N2. The summed E-state index contributed by atoms with van der Waals surface area (Å²) in [6.07, 6.45) is 3.76. The summed E-state index contributed by atoms with van der Waals surface area (Å²) in [6, 6.07) is 0. The highest BCUT2D eigenvalue weighted by molar-refractivity contribution is 4.86. The molecule has 0 fully saturated rings. The summed E-state index contributed by atoms with van der Waals surface area (Å²) in [5.74, 6) is 0.732. The van der Waals surface area contributed by atoms with E-state index in [1.54, 1.807) is 0 Å². The fourth-order valence-electron chi connectivity index (χ4n) is 2.55. The van der Waals surface area contributed by atoms with Crippen molar-refractivity contribution in [3.05, 3.63) is 0 Å². The van der Waals surface area contributed by atoms with Gasteiger partial charge in [-0.3, -0.25) is 0 Å². The Hall–Kier alpha value is -0.0800. The van der Waals surface area contributed by atoms with Crippen molar-refractivity contribution < 1.29 is 0 Å². The van der Waals surface area contributed by atoms with Gasteiger partial charge >= 0.3 is 0 Å². The minimum atomic E-state index is 0.299. The molecule has 0 aromatic heterocycles. The first kappa shape index (κ1) is 18.9. The summed E-state index contributed by atoms with van der Waals surface area (Å²) >= 11 is 0. The van der Waals surface area contributed by atoms with E-state index in [-0.39, 0.29) is 0 Å². The quantitative estimate of drug-likeness (QED) is 0.641. The van der Waals surface area contributed by atoms with Crippen molar-refractivity contribution in [3.8, 4) is 0 Å². The minimum absolute atomic E-state index is 0.299. The van der Waals surface area contributed by atoms with Gasteiger partial charge in [0.15, 0.2) is 0 Å². The normalized spacial score (nSPS) is 16.1. The highest BCUT2D eigenvalue weighted by Gasteiger charge is 2.30. The summed E-state index contributed by atoms with van der Waals surface area (Å²) in [4.78, 5) is 2.54. The Bertz CT molecular complexity index is 235. The van der Waals surface area contributed by atoms with Crippen LogP contribution in [0.15, 0.2) is 0 Å². The van der Waals surface area contributed by atoms with Crippen LogP contribution in [0, 0.1) is 11.3 Å². The van der Waals surface area contributed by atoms with Crippen LogP contribution in [0.5, 0.6) is 0 Å². The molecule has 0 saturated carbocycles. The Labute approximate surface area is 122 Å². The topological polar surface area (TPSA) is 15.3 Å². The molecular weight excluding hydrogens is 232 g/mol. The molecule has 0 bridgehead atoms. The zero-order valence-corrected chi connectivity index (χ0v) is 14.8. The summed E-state index contributed by atoms with van der Waals surface area (Å²) in [7, 11) is 2.28. The van der Waals surface area contributed by atoms with E-state index in [1.807, 2.05) is 0 Å². The SMILES string of the molecule is CCCC(C)(CNCC(C)C)CN(C)C(C)(C)CC. The molecule has 0 aromatic rings. The molecule has 1 atom stereocenters. The van der Waals surface area contributed by atoms with Crippen LogP contribution in [0.2, 0.25) is 0 Å². The van der Waals surface area contributed by atoms with Crippen molar-refractivity contribution in [1.82, 2.24) is 10.2 Å². The molecule has 0 rings (SSSR count). The molecule has 2 heteroatoms. The van der Waals surface area contributed by atoms with Crippen molar-refractivity contribution in [2.24, 2.45) is 11.3 Å². The average Bonchev–Trinajstić information content (AvgIpc) is 2.28. The first-order chi connectivity index (χ1) is 8.67. The monoisotopic (exact) mass is 270 g/mol. The molecule has 0 heterocycles. The third-order valence-corrected chi connectivity index (χ3v) is 4.48. The Balaban J connectivity index is 4.52. The summed E-state index contributed by atoms with van der Waals surface area (Å²) in [6.45, 7) is 19.7. The molecule has 1 unspecified atom stereocenters. The van der Waals surface area contributed by atoms with Gasteiger partial charge in [0.2, 0.25) is 0 Å². The first-order valence-electron chi connectivity index (χ1n) is 8.09. The van der Waals surface area contributed by atoms with E-state index in [2.05, 4.69) is 65.7 Å². The second-order valence-corrected chi connectivity index (χ2v) is 7.61. The van der Waals surface area contributed by atoms with Gasteiger partial charge in [0.25, 0.3) is 0 Å². The standard InChI is InChI=1S/C17H38N2/c1-9-11-17(7,13-18-12-15(3)4)14-19(8)16(5,6)10-2/h15,18H,9-14H2,1-8H3. The number of hydrogen-bond acceptors (Lipinski definition) is 2. The van der Waals surface area contributed by atoms with Crippen LogP contribution < -0.4 is 5.32 Å². The minimum Gasteiger partial charge on any atom is -0.316 e. The van der Waals surface area contributed by atoms with Crippen LogP contribution in [-0.4, -0.2) is 37.1 Å². The lowest BCUT2D eigenvalue weighted by atomic mass is 9.83. The van der Waals surface area contributed by atoms with Gasteiger partial charge in [-0.15, -0.1) is 0 Å². The number of hydrogen-bond donors (Lipinski definition) is 1. The summed E-state index contributed by atoms with van der Waals surface area (Å²) < 4.78 is 0. The van der Waals surface area contributed by atoms with Gasteiger partial charge < -0.3 is 10.2 Å². The predicted octanol–water partition coefficient (Wildman–Crippen LogP) is 4.16. The van der Waals surface area contributed by atoms with Crippen molar-refractivity contribution in [3.63, 3.8) is 0 Å². The third-order valence-electron chi connectivity index (χ3n) is 4.48.